The molecule has 0 bridgehead atoms. The summed E-state index contributed by atoms with van der Waals surface area (Å²) in [6.45, 7) is 3.81. The van der Waals surface area contributed by atoms with E-state index in [0.717, 1.165) is 0 Å². The Morgan fingerprint density at radius 1 is 1.32 bits per heavy atom. The molecule has 1 aliphatic heterocycles. The zero-order valence-corrected chi connectivity index (χ0v) is 11.1. The van der Waals surface area contributed by atoms with E-state index >= 15 is 0 Å². The smallest absolute Gasteiger partial charge is 0.305 e. The highest BCUT2D eigenvalue weighted by atomic mass is 19.4. The van der Waals surface area contributed by atoms with E-state index in [9.17, 15) is 22.8 Å². The Balaban J connectivity index is 2.28. The zero-order valence-electron chi connectivity index (χ0n) is 11.1. The maximum atomic E-state index is 11.9. The number of carbonyl (C=O) groups is 2. The summed E-state index contributed by atoms with van der Waals surface area (Å²) in [5.41, 5.74) is 0. The van der Waals surface area contributed by atoms with Crippen molar-refractivity contribution in [3.05, 3.63) is 0 Å². The van der Waals surface area contributed by atoms with Crippen LogP contribution in [0.5, 0.6) is 0 Å². The first-order valence-electron chi connectivity index (χ1n) is 6.38. The van der Waals surface area contributed by atoms with Crippen LogP contribution >= 0.6 is 0 Å². The average molecular weight is 280 g/mol. The molecule has 0 radical (unpaired) electrons. The highest BCUT2D eigenvalue weighted by molar-refractivity contribution is 6.05. The minimum Gasteiger partial charge on any atom is -0.305 e. The number of halogens is 3. The molecule has 1 N–H and O–H groups in total. The lowest BCUT2D eigenvalue weighted by Gasteiger charge is -2.19. The Morgan fingerprint density at radius 2 is 1.95 bits per heavy atom. The minimum atomic E-state index is -4.13. The van der Waals surface area contributed by atoms with Crippen LogP contribution in [0.4, 0.5) is 13.2 Å². The number of likely N-dealkylation sites (tertiary alicyclic amines) is 1. The standard InChI is InChI=1S/C12H19F3N2O2/c1-8(2)17-10(18)7-9(11(17)19)16-6-4-3-5-12(13,14)15/h8-9,16H,3-7H2,1-2H3. The van der Waals surface area contributed by atoms with Crippen LogP contribution in [-0.2, 0) is 9.59 Å². The first kappa shape index (κ1) is 15.9. The van der Waals surface area contributed by atoms with Crippen molar-refractivity contribution in [1.29, 1.82) is 0 Å². The van der Waals surface area contributed by atoms with Crippen molar-refractivity contribution in [2.75, 3.05) is 6.54 Å². The summed E-state index contributed by atoms with van der Waals surface area (Å²) >= 11 is 0. The summed E-state index contributed by atoms with van der Waals surface area (Å²) < 4.78 is 35.7. The molecule has 110 valence electrons. The van der Waals surface area contributed by atoms with Gasteiger partial charge in [-0.3, -0.25) is 14.5 Å². The second-order valence-electron chi connectivity index (χ2n) is 4.98. The van der Waals surface area contributed by atoms with Gasteiger partial charge in [-0.05, 0) is 33.2 Å². The number of hydrogen-bond acceptors (Lipinski definition) is 3. The number of rotatable bonds is 6. The van der Waals surface area contributed by atoms with E-state index in [0.29, 0.717) is 13.0 Å². The van der Waals surface area contributed by atoms with Gasteiger partial charge in [-0.1, -0.05) is 0 Å². The molecule has 0 saturated carbocycles. The lowest BCUT2D eigenvalue weighted by molar-refractivity contribution is -0.141. The third-order valence-corrected chi connectivity index (χ3v) is 2.98. The Labute approximate surface area is 110 Å². The van der Waals surface area contributed by atoms with E-state index in [1.807, 2.05) is 0 Å². The van der Waals surface area contributed by atoms with Crippen LogP contribution in [0.25, 0.3) is 0 Å². The highest BCUT2D eigenvalue weighted by Crippen LogP contribution is 2.22. The van der Waals surface area contributed by atoms with E-state index in [1.54, 1.807) is 13.8 Å². The van der Waals surface area contributed by atoms with Gasteiger partial charge < -0.3 is 5.32 Å². The van der Waals surface area contributed by atoms with Crippen molar-refractivity contribution < 1.29 is 22.8 Å². The summed E-state index contributed by atoms with van der Waals surface area (Å²) in [4.78, 5) is 24.6. The van der Waals surface area contributed by atoms with Crippen molar-refractivity contribution in [3.63, 3.8) is 0 Å². The zero-order chi connectivity index (χ0) is 14.6. The number of unbranched alkanes of at least 4 members (excludes halogenated alkanes) is 1. The van der Waals surface area contributed by atoms with Gasteiger partial charge in [0.2, 0.25) is 11.8 Å². The van der Waals surface area contributed by atoms with Crippen molar-refractivity contribution in [2.24, 2.45) is 0 Å². The Bertz CT molecular complexity index is 342. The molecule has 0 aliphatic carbocycles. The molecule has 2 amide bonds. The van der Waals surface area contributed by atoms with Gasteiger partial charge in [0, 0.05) is 12.5 Å². The van der Waals surface area contributed by atoms with E-state index < -0.39 is 18.6 Å². The molecule has 1 saturated heterocycles. The third kappa shape index (κ3) is 4.81. The molecule has 7 heteroatoms. The second-order valence-corrected chi connectivity index (χ2v) is 4.98. The molecular weight excluding hydrogens is 261 g/mol. The van der Waals surface area contributed by atoms with Gasteiger partial charge in [-0.2, -0.15) is 13.2 Å². The predicted octanol–water partition coefficient (Wildman–Crippen LogP) is 1.84. The number of hydrogen-bond donors (Lipinski definition) is 1. The van der Waals surface area contributed by atoms with Gasteiger partial charge in [0.1, 0.15) is 0 Å². The highest BCUT2D eigenvalue weighted by Gasteiger charge is 2.39. The largest absolute Gasteiger partial charge is 0.389 e. The Hall–Kier alpha value is -1.11. The van der Waals surface area contributed by atoms with Crippen LogP contribution in [0.15, 0.2) is 0 Å². The number of carbonyl (C=O) groups excluding carboxylic acids is 2. The van der Waals surface area contributed by atoms with Crippen LogP contribution in [0.3, 0.4) is 0 Å². The maximum absolute atomic E-state index is 11.9. The summed E-state index contributed by atoms with van der Waals surface area (Å²) in [5, 5.41) is 2.85. The molecule has 0 aromatic carbocycles. The number of alkyl halides is 3. The van der Waals surface area contributed by atoms with E-state index in [1.165, 1.54) is 4.90 Å². The molecule has 0 aromatic heterocycles. The first-order valence-corrected chi connectivity index (χ1v) is 6.38. The molecule has 1 rings (SSSR count). The monoisotopic (exact) mass is 280 g/mol. The van der Waals surface area contributed by atoms with Gasteiger partial charge in [0.15, 0.2) is 0 Å². The molecular formula is C12H19F3N2O2. The van der Waals surface area contributed by atoms with Gasteiger partial charge in [-0.25, -0.2) is 0 Å². The summed E-state index contributed by atoms with van der Waals surface area (Å²) in [5.74, 6) is -0.511. The quantitative estimate of drug-likeness (QED) is 0.596. The molecule has 1 aliphatic rings. The van der Waals surface area contributed by atoms with Crippen molar-refractivity contribution in [3.8, 4) is 0 Å². The molecule has 1 fully saturated rings. The number of nitrogens with zero attached hydrogens (tertiary/aromatic N) is 1. The number of nitrogens with one attached hydrogen (secondary N) is 1. The molecule has 1 heterocycles. The van der Waals surface area contributed by atoms with Crippen molar-refractivity contribution >= 4 is 11.8 Å². The van der Waals surface area contributed by atoms with Gasteiger partial charge >= 0.3 is 6.18 Å². The molecule has 19 heavy (non-hydrogen) atoms. The van der Waals surface area contributed by atoms with E-state index in [2.05, 4.69) is 5.32 Å². The van der Waals surface area contributed by atoms with Crippen LogP contribution in [0.2, 0.25) is 0 Å². The number of amides is 2. The SMILES string of the molecule is CC(C)N1C(=O)CC(NCCCCC(F)(F)F)C1=O. The fourth-order valence-corrected chi connectivity index (χ4v) is 2.08. The first-order chi connectivity index (χ1) is 8.72. The van der Waals surface area contributed by atoms with E-state index in [-0.39, 0.29) is 30.7 Å². The molecule has 4 nitrogen and oxygen atoms in total. The molecule has 0 aromatic rings. The Morgan fingerprint density at radius 3 is 2.42 bits per heavy atom. The predicted molar refractivity (Wildman–Crippen MR) is 63.3 cm³/mol. The van der Waals surface area contributed by atoms with Gasteiger partial charge in [-0.15, -0.1) is 0 Å². The Kier molecular flexibility index (Phi) is 5.34. The normalized spacial score (nSPS) is 20.7. The summed E-state index contributed by atoms with van der Waals surface area (Å²) in [7, 11) is 0. The molecule has 1 atom stereocenters. The third-order valence-electron chi connectivity index (χ3n) is 2.98. The van der Waals surface area contributed by atoms with Crippen LogP contribution < -0.4 is 5.32 Å². The van der Waals surface area contributed by atoms with Crippen molar-refractivity contribution in [1.82, 2.24) is 10.2 Å². The van der Waals surface area contributed by atoms with Gasteiger partial charge in [0.25, 0.3) is 0 Å². The fraction of sp³-hybridized carbons (Fsp3) is 0.833. The second kappa shape index (κ2) is 6.36. The van der Waals surface area contributed by atoms with Gasteiger partial charge in [0.05, 0.1) is 12.5 Å². The van der Waals surface area contributed by atoms with Crippen molar-refractivity contribution in [2.45, 2.75) is 57.8 Å². The average Bonchev–Trinajstić information content (AvgIpc) is 2.51. The summed E-state index contributed by atoms with van der Waals surface area (Å²) in [6.07, 6.45) is -4.49. The van der Waals surface area contributed by atoms with Crippen LogP contribution in [0, 0.1) is 0 Å². The lowest BCUT2D eigenvalue weighted by Crippen LogP contribution is -2.42. The van der Waals surface area contributed by atoms with Crippen LogP contribution in [0.1, 0.15) is 39.5 Å². The summed E-state index contributed by atoms with van der Waals surface area (Å²) in [6, 6.07) is -0.766. The number of imide groups is 1. The fourth-order valence-electron chi connectivity index (χ4n) is 2.08. The minimum absolute atomic E-state index is 0.0270. The molecule has 0 spiro atoms. The van der Waals surface area contributed by atoms with E-state index in [4.69, 9.17) is 0 Å². The maximum Gasteiger partial charge on any atom is 0.389 e. The topological polar surface area (TPSA) is 49.4 Å². The molecule has 1 unspecified atom stereocenters. The lowest BCUT2D eigenvalue weighted by atomic mass is 10.2. The van der Waals surface area contributed by atoms with Crippen LogP contribution in [-0.4, -0.2) is 41.5 Å².